The van der Waals surface area contributed by atoms with Crippen LogP contribution in [0.25, 0.3) is 0 Å². The molecule has 1 atom stereocenters. The molecule has 120 valence electrons. The lowest BCUT2D eigenvalue weighted by molar-refractivity contribution is -0.138. The summed E-state index contributed by atoms with van der Waals surface area (Å²) in [5.41, 5.74) is 2.06. The summed E-state index contributed by atoms with van der Waals surface area (Å²) in [5, 5.41) is 18.8. The van der Waals surface area contributed by atoms with Gasteiger partial charge in [0.05, 0.1) is 19.1 Å². The predicted molar refractivity (Wildman–Crippen MR) is 81.5 cm³/mol. The maximum Gasteiger partial charge on any atom is 0.317 e. The highest BCUT2D eigenvalue weighted by atomic mass is 16.4. The molecule has 1 aromatic rings. The largest absolute Gasteiger partial charge is 0.480 e. The molecule has 1 aromatic carbocycles. The molecule has 6 nitrogen and oxygen atoms in total. The van der Waals surface area contributed by atoms with Gasteiger partial charge in [0.2, 0.25) is 5.91 Å². The number of nitrogens with zero attached hydrogens (tertiary/aromatic N) is 2. The molecular formula is C16H22N2O4. The topological polar surface area (TPSA) is 81.1 Å². The molecule has 1 unspecified atom stereocenters. The SMILES string of the molecule is Cc1cccc(CC(=O)N2CCN(CC(=O)O)CC(O)C2)c1. The van der Waals surface area contributed by atoms with Gasteiger partial charge in [-0.1, -0.05) is 29.8 Å². The molecule has 1 aliphatic heterocycles. The lowest BCUT2D eigenvalue weighted by atomic mass is 10.1. The average Bonchev–Trinajstić information content (AvgIpc) is 2.59. The minimum absolute atomic E-state index is 0.0400. The number of aryl methyl sites for hydroxylation is 1. The van der Waals surface area contributed by atoms with Crippen LogP contribution in [0.1, 0.15) is 11.1 Å². The number of aliphatic hydroxyl groups is 1. The van der Waals surface area contributed by atoms with E-state index in [4.69, 9.17) is 5.11 Å². The van der Waals surface area contributed by atoms with E-state index in [0.29, 0.717) is 19.5 Å². The number of carbonyl (C=O) groups is 2. The Balaban J connectivity index is 1.96. The molecule has 1 saturated heterocycles. The molecule has 0 bridgehead atoms. The Bertz CT molecular complexity index is 547. The highest BCUT2D eigenvalue weighted by molar-refractivity contribution is 5.79. The van der Waals surface area contributed by atoms with Crippen LogP contribution in [0.2, 0.25) is 0 Å². The minimum atomic E-state index is -0.924. The Kier molecular flexibility index (Phi) is 5.51. The van der Waals surface area contributed by atoms with E-state index < -0.39 is 12.1 Å². The minimum Gasteiger partial charge on any atom is -0.480 e. The van der Waals surface area contributed by atoms with Gasteiger partial charge in [-0.15, -0.1) is 0 Å². The fourth-order valence-corrected chi connectivity index (χ4v) is 2.72. The summed E-state index contributed by atoms with van der Waals surface area (Å²) in [5.74, 6) is -0.964. The van der Waals surface area contributed by atoms with Crippen LogP contribution in [0.15, 0.2) is 24.3 Å². The predicted octanol–water partition coefficient (Wildman–Crippen LogP) is 0.127. The molecule has 0 saturated carbocycles. The molecule has 0 aromatic heterocycles. The molecule has 0 spiro atoms. The van der Waals surface area contributed by atoms with E-state index in [9.17, 15) is 14.7 Å². The number of hydrogen-bond donors (Lipinski definition) is 2. The second-order valence-electron chi connectivity index (χ2n) is 5.79. The first-order chi connectivity index (χ1) is 10.4. The molecule has 1 aliphatic rings. The van der Waals surface area contributed by atoms with Crippen LogP contribution in [0, 0.1) is 6.92 Å². The zero-order valence-corrected chi connectivity index (χ0v) is 12.7. The highest BCUT2D eigenvalue weighted by Gasteiger charge is 2.25. The van der Waals surface area contributed by atoms with E-state index in [2.05, 4.69) is 0 Å². The van der Waals surface area contributed by atoms with Crippen molar-refractivity contribution >= 4 is 11.9 Å². The normalized spacial score (nSPS) is 19.7. The first kappa shape index (κ1) is 16.5. The highest BCUT2D eigenvalue weighted by Crippen LogP contribution is 2.09. The second-order valence-corrected chi connectivity index (χ2v) is 5.79. The molecule has 2 N–H and O–H groups in total. The van der Waals surface area contributed by atoms with Crippen LogP contribution >= 0.6 is 0 Å². The van der Waals surface area contributed by atoms with Crippen LogP contribution in [0.4, 0.5) is 0 Å². The fourth-order valence-electron chi connectivity index (χ4n) is 2.72. The summed E-state index contributed by atoms with van der Waals surface area (Å²) in [6, 6.07) is 7.79. The van der Waals surface area contributed by atoms with Crippen molar-refractivity contribution in [2.24, 2.45) is 0 Å². The van der Waals surface area contributed by atoms with Crippen molar-refractivity contribution in [2.75, 3.05) is 32.7 Å². The Morgan fingerprint density at radius 3 is 2.73 bits per heavy atom. The monoisotopic (exact) mass is 306 g/mol. The quantitative estimate of drug-likeness (QED) is 0.826. The Labute approximate surface area is 130 Å². The van der Waals surface area contributed by atoms with Gasteiger partial charge < -0.3 is 15.1 Å². The number of aliphatic carboxylic acids is 1. The van der Waals surface area contributed by atoms with Gasteiger partial charge in [0.15, 0.2) is 0 Å². The fraction of sp³-hybridized carbons (Fsp3) is 0.500. The molecule has 0 radical (unpaired) electrons. The van der Waals surface area contributed by atoms with Crippen LogP contribution < -0.4 is 0 Å². The molecule has 1 amide bonds. The summed E-state index contributed by atoms with van der Waals surface area (Å²) in [4.78, 5) is 26.4. The summed E-state index contributed by atoms with van der Waals surface area (Å²) >= 11 is 0. The number of amides is 1. The van der Waals surface area contributed by atoms with E-state index in [1.165, 1.54) is 0 Å². The van der Waals surface area contributed by atoms with E-state index in [1.54, 1.807) is 9.80 Å². The number of β-amino-alcohol motifs (C(OH)–C–C–N with tert-alkyl or cyclic N) is 1. The first-order valence-corrected chi connectivity index (χ1v) is 7.39. The molecule has 6 heteroatoms. The summed E-state index contributed by atoms with van der Waals surface area (Å²) in [6.07, 6.45) is -0.420. The maximum absolute atomic E-state index is 12.4. The standard InChI is InChI=1S/C16H22N2O4/c1-12-3-2-4-13(7-12)8-15(20)18-6-5-17(11-16(21)22)9-14(19)10-18/h2-4,7,14,19H,5-6,8-11H2,1H3,(H,21,22). The number of carbonyl (C=O) groups excluding carboxylic acids is 1. The van der Waals surface area contributed by atoms with E-state index in [1.807, 2.05) is 31.2 Å². The molecule has 1 heterocycles. The van der Waals surface area contributed by atoms with E-state index in [0.717, 1.165) is 11.1 Å². The van der Waals surface area contributed by atoms with Gasteiger partial charge in [0.1, 0.15) is 0 Å². The number of rotatable bonds is 4. The Morgan fingerprint density at radius 2 is 2.05 bits per heavy atom. The van der Waals surface area contributed by atoms with Crippen LogP contribution in [-0.2, 0) is 16.0 Å². The third kappa shape index (κ3) is 4.82. The van der Waals surface area contributed by atoms with Crippen molar-refractivity contribution in [3.63, 3.8) is 0 Å². The molecule has 0 aliphatic carbocycles. The van der Waals surface area contributed by atoms with Crippen molar-refractivity contribution in [3.8, 4) is 0 Å². The van der Waals surface area contributed by atoms with Gasteiger partial charge in [-0.3, -0.25) is 14.5 Å². The van der Waals surface area contributed by atoms with E-state index in [-0.39, 0.29) is 25.5 Å². The lowest BCUT2D eigenvalue weighted by Crippen LogP contribution is -2.38. The Morgan fingerprint density at radius 1 is 1.27 bits per heavy atom. The third-order valence-corrected chi connectivity index (χ3v) is 3.74. The second kappa shape index (κ2) is 7.38. The number of carboxylic acids is 1. The van der Waals surface area contributed by atoms with Crippen molar-refractivity contribution < 1.29 is 19.8 Å². The third-order valence-electron chi connectivity index (χ3n) is 3.74. The van der Waals surface area contributed by atoms with Crippen molar-refractivity contribution in [2.45, 2.75) is 19.4 Å². The van der Waals surface area contributed by atoms with Crippen LogP contribution in [0.3, 0.4) is 0 Å². The summed E-state index contributed by atoms with van der Waals surface area (Å²) in [6.45, 7) is 3.30. The number of hydrogen-bond acceptors (Lipinski definition) is 4. The van der Waals surface area contributed by atoms with Crippen molar-refractivity contribution in [1.29, 1.82) is 0 Å². The zero-order chi connectivity index (χ0) is 16.1. The van der Waals surface area contributed by atoms with Gasteiger partial charge >= 0.3 is 5.97 Å². The lowest BCUT2D eigenvalue weighted by Gasteiger charge is -2.22. The first-order valence-electron chi connectivity index (χ1n) is 7.39. The number of benzene rings is 1. The maximum atomic E-state index is 12.4. The molecular weight excluding hydrogens is 284 g/mol. The molecule has 2 rings (SSSR count). The van der Waals surface area contributed by atoms with Gasteiger partial charge in [-0.25, -0.2) is 0 Å². The van der Waals surface area contributed by atoms with Gasteiger partial charge in [0.25, 0.3) is 0 Å². The molecule has 1 fully saturated rings. The smallest absolute Gasteiger partial charge is 0.317 e. The zero-order valence-electron chi connectivity index (χ0n) is 12.7. The van der Waals surface area contributed by atoms with Crippen molar-refractivity contribution in [1.82, 2.24) is 9.80 Å². The Hall–Kier alpha value is -1.92. The summed E-state index contributed by atoms with van der Waals surface area (Å²) in [7, 11) is 0. The van der Waals surface area contributed by atoms with Crippen LogP contribution in [0.5, 0.6) is 0 Å². The average molecular weight is 306 g/mol. The van der Waals surface area contributed by atoms with Crippen molar-refractivity contribution in [3.05, 3.63) is 35.4 Å². The number of aliphatic hydroxyl groups excluding tert-OH is 1. The van der Waals surface area contributed by atoms with Gasteiger partial charge in [-0.05, 0) is 12.5 Å². The van der Waals surface area contributed by atoms with Gasteiger partial charge in [0, 0.05) is 26.2 Å². The van der Waals surface area contributed by atoms with Crippen LogP contribution in [-0.4, -0.2) is 70.7 Å². The van der Waals surface area contributed by atoms with E-state index >= 15 is 0 Å². The number of carboxylic acid groups (broad SMARTS) is 1. The van der Waals surface area contributed by atoms with Gasteiger partial charge in [-0.2, -0.15) is 0 Å². The summed E-state index contributed by atoms with van der Waals surface area (Å²) < 4.78 is 0. The molecule has 22 heavy (non-hydrogen) atoms.